The summed E-state index contributed by atoms with van der Waals surface area (Å²) in [6, 6.07) is 10.7. The number of aliphatic imine (C=N–C) groups is 1. The van der Waals surface area contributed by atoms with Gasteiger partial charge in [0.15, 0.2) is 5.96 Å². The number of benzene rings is 1. The summed E-state index contributed by atoms with van der Waals surface area (Å²) < 4.78 is 0. The highest BCUT2D eigenvalue weighted by molar-refractivity contribution is 14.0. The van der Waals surface area contributed by atoms with Crippen LogP contribution in [0.4, 0.5) is 0 Å². The third-order valence-corrected chi connectivity index (χ3v) is 4.37. The number of halogens is 1. The average Bonchev–Trinajstić information content (AvgIpc) is 3.06. The van der Waals surface area contributed by atoms with Crippen LogP contribution in [0.15, 0.2) is 35.3 Å². The van der Waals surface area contributed by atoms with Crippen LogP contribution in [0.5, 0.6) is 0 Å². The van der Waals surface area contributed by atoms with Gasteiger partial charge in [-0.25, -0.2) is 0 Å². The number of likely N-dealkylation sites (tertiary alicyclic amines) is 1. The molecule has 1 aliphatic heterocycles. The fourth-order valence-corrected chi connectivity index (χ4v) is 3.11. The van der Waals surface area contributed by atoms with E-state index in [1.165, 1.54) is 12.0 Å². The van der Waals surface area contributed by atoms with Gasteiger partial charge in [-0.1, -0.05) is 37.3 Å². The molecular formula is C19H31IN4O. The Morgan fingerprint density at radius 3 is 2.68 bits per heavy atom. The number of hydrogen-bond donors (Lipinski definition) is 2. The number of hydrogen-bond acceptors (Lipinski definition) is 2. The van der Waals surface area contributed by atoms with E-state index in [0.717, 1.165) is 38.4 Å². The number of nitrogens with zero attached hydrogens (tertiary/aromatic N) is 2. The molecule has 0 aromatic heterocycles. The van der Waals surface area contributed by atoms with Crippen molar-refractivity contribution in [1.82, 2.24) is 15.5 Å². The third kappa shape index (κ3) is 7.63. The molecule has 1 aliphatic rings. The van der Waals surface area contributed by atoms with E-state index in [2.05, 4.69) is 57.8 Å². The summed E-state index contributed by atoms with van der Waals surface area (Å²) in [5, 5.41) is 6.21. The summed E-state index contributed by atoms with van der Waals surface area (Å²) in [6.07, 6.45) is 3.76. The number of rotatable bonds is 7. The minimum atomic E-state index is 0. The van der Waals surface area contributed by atoms with E-state index in [4.69, 9.17) is 0 Å². The first kappa shape index (κ1) is 21.7. The number of carbonyl (C=O) groups is 1. The Bertz CT molecular complexity index is 535. The second-order valence-corrected chi connectivity index (χ2v) is 6.36. The zero-order chi connectivity index (χ0) is 17.2. The Labute approximate surface area is 168 Å². The normalized spacial score (nSPS) is 17.1. The molecule has 1 heterocycles. The van der Waals surface area contributed by atoms with Crippen molar-refractivity contribution in [2.24, 2.45) is 10.9 Å². The van der Waals surface area contributed by atoms with Crippen LogP contribution in [0, 0.1) is 5.92 Å². The fraction of sp³-hybridized carbons (Fsp3) is 0.579. The number of carbonyl (C=O) groups excluding carboxylic acids is 1. The van der Waals surface area contributed by atoms with Crippen molar-refractivity contribution in [2.75, 3.05) is 33.2 Å². The van der Waals surface area contributed by atoms with Crippen LogP contribution >= 0.6 is 24.0 Å². The highest BCUT2D eigenvalue weighted by Gasteiger charge is 2.24. The lowest BCUT2D eigenvalue weighted by Gasteiger charge is -2.21. The molecule has 0 saturated carbocycles. The van der Waals surface area contributed by atoms with Crippen molar-refractivity contribution in [2.45, 2.75) is 32.6 Å². The zero-order valence-electron chi connectivity index (χ0n) is 15.3. The molecule has 1 aromatic carbocycles. The van der Waals surface area contributed by atoms with Gasteiger partial charge in [0, 0.05) is 39.6 Å². The fourth-order valence-electron chi connectivity index (χ4n) is 3.11. The van der Waals surface area contributed by atoms with Crippen LogP contribution in [0.3, 0.4) is 0 Å². The highest BCUT2D eigenvalue weighted by Crippen LogP contribution is 2.20. The van der Waals surface area contributed by atoms with Gasteiger partial charge in [-0.3, -0.25) is 9.79 Å². The molecule has 0 bridgehead atoms. The Balaban J connectivity index is 0.00000312. The summed E-state index contributed by atoms with van der Waals surface area (Å²) >= 11 is 0. The molecule has 1 atom stereocenters. The molecule has 1 aromatic rings. The van der Waals surface area contributed by atoms with Crippen molar-refractivity contribution in [3.8, 4) is 0 Å². The second-order valence-electron chi connectivity index (χ2n) is 6.36. The predicted molar refractivity (Wildman–Crippen MR) is 115 cm³/mol. The molecule has 1 saturated heterocycles. The number of amides is 1. The van der Waals surface area contributed by atoms with Crippen LogP contribution in [-0.2, 0) is 11.2 Å². The number of guanidine groups is 1. The first-order chi connectivity index (χ1) is 11.7. The molecule has 2 rings (SSSR count). The summed E-state index contributed by atoms with van der Waals surface area (Å²) in [5.74, 6) is 1.68. The van der Waals surface area contributed by atoms with Gasteiger partial charge in [0.05, 0.1) is 0 Å². The summed E-state index contributed by atoms with van der Waals surface area (Å²) in [5.41, 5.74) is 1.40. The second kappa shape index (κ2) is 12.1. The smallest absolute Gasteiger partial charge is 0.221 e. The maximum absolute atomic E-state index is 11.6. The monoisotopic (exact) mass is 458 g/mol. The third-order valence-electron chi connectivity index (χ3n) is 4.37. The van der Waals surface area contributed by atoms with Gasteiger partial charge in [-0.05, 0) is 30.7 Å². The minimum Gasteiger partial charge on any atom is -0.356 e. The maximum atomic E-state index is 11.6. The molecule has 1 fully saturated rings. The van der Waals surface area contributed by atoms with Gasteiger partial charge in [-0.2, -0.15) is 0 Å². The van der Waals surface area contributed by atoms with E-state index in [1.807, 2.05) is 7.05 Å². The molecule has 0 spiro atoms. The molecule has 1 unspecified atom stereocenters. The average molecular weight is 458 g/mol. The molecule has 1 amide bonds. The maximum Gasteiger partial charge on any atom is 0.221 e. The standard InChI is InChI=1S/C19H30N4O.HI/c1-3-11-21-18(24)9-12-22-19(20-2)23-13-10-17(15-23)14-16-7-5-4-6-8-16;/h4-8,17H,3,9-15H2,1-2H3,(H,20,22)(H,21,24);1H. The van der Waals surface area contributed by atoms with Gasteiger partial charge < -0.3 is 15.5 Å². The van der Waals surface area contributed by atoms with E-state index in [9.17, 15) is 4.79 Å². The molecule has 25 heavy (non-hydrogen) atoms. The highest BCUT2D eigenvalue weighted by atomic mass is 127. The van der Waals surface area contributed by atoms with Crippen LogP contribution in [0.25, 0.3) is 0 Å². The van der Waals surface area contributed by atoms with Crippen molar-refractivity contribution in [1.29, 1.82) is 0 Å². The molecule has 2 N–H and O–H groups in total. The quantitative estimate of drug-likeness (QED) is 0.375. The van der Waals surface area contributed by atoms with E-state index < -0.39 is 0 Å². The van der Waals surface area contributed by atoms with E-state index >= 15 is 0 Å². The van der Waals surface area contributed by atoms with Crippen LogP contribution < -0.4 is 10.6 Å². The topological polar surface area (TPSA) is 56.7 Å². The first-order valence-electron chi connectivity index (χ1n) is 8.99. The molecule has 0 radical (unpaired) electrons. The van der Waals surface area contributed by atoms with Gasteiger partial charge in [0.25, 0.3) is 0 Å². The molecule has 5 nitrogen and oxygen atoms in total. The first-order valence-corrected chi connectivity index (χ1v) is 8.99. The van der Waals surface area contributed by atoms with Crippen molar-refractivity contribution in [3.63, 3.8) is 0 Å². The van der Waals surface area contributed by atoms with E-state index in [1.54, 1.807) is 0 Å². The SMILES string of the molecule is CCCNC(=O)CCNC(=NC)N1CCC(Cc2ccccc2)C1.I. The van der Waals surface area contributed by atoms with E-state index in [0.29, 0.717) is 18.9 Å². The van der Waals surface area contributed by atoms with Gasteiger partial charge in [-0.15, -0.1) is 24.0 Å². The zero-order valence-corrected chi connectivity index (χ0v) is 17.7. The summed E-state index contributed by atoms with van der Waals surface area (Å²) in [4.78, 5) is 18.3. The van der Waals surface area contributed by atoms with Crippen molar-refractivity contribution < 1.29 is 4.79 Å². The lowest BCUT2D eigenvalue weighted by atomic mass is 9.99. The largest absolute Gasteiger partial charge is 0.356 e. The Hall–Kier alpha value is -1.31. The van der Waals surface area contributed by atoms with Crippen molar-refractivity contribution in [3.05, 3.63) is 35.9 Å². The molecule has 140 valence electrons. The van der Waals surface area contributed by atoms with E-state index in [-0.39, 0.29) is 29.9 Å². The van der Waals surface area contributed by atoms with Crippen LogP contribution in [0.2, 0.25) is 0 Å². The summed E-state index contributed by atoms with van der Waals surface area (Å²) in [6.45, 7) is 5.48. The Morgan fingerprint density at radius 1 is 1.24 bits per heavy atom. The minimum absolute atomic E-state index is 0. The molecule has 0 aliphatic carbocycles. The van der Waals surface area contributed by atoms with Gasteiger partial charge in [0.1, 0.15) is 0 Å². The van der Waals surface area contributed by atoms with Crippen LogP contribution in [-0.4, -0.2) is 50.0 Å². The Morgan fingerprint density at radius 2 is 2.00 bits per heavy atom. The van der Waals surface area contributed by atoms with Crippen LogP contribution in [0.1, 0.15) is 31.7 Å². The lowest BCUT2D eigenvalue weighted by Crippen LogP contribution is -2.41. The van der Waals surface area contributed by atoms with Crippen molar-refractivity contribution >= 4 is 35.8 Å². The summed E-state index contributed by atoms with van der Waals surface area (Å²) in [7, 11) is 1.81. The predicted octanol–water partition coefficient (Wildman–Crippen LogP) is 2.66. The van der Waals surface area contributed by atoms with Gasteiger partial charge >= 0.3 is 0 Å². The number of nitrogens with one attached hydrogen (secondary N) is 2. The van der Waals surface area contributed by atoms with Gasteiger partial charge in [0.2, 0.25) is 5.91 Å². The Kier molecular flexibility index (Phi) is 10.5. The lowest BCUT2D eigenvalue weighted by molar-refractivity contribution is -0.120. The molecule has 6 heteroatoms. The molecular weight excluding hydrogens is 427 g/mol.